The monoisotopic (exact) mass is 406 g/mol. The van der Waals surface area contributed by atoms with Crippen LogP contribution in [0.3, 0.4) is 0 Å². The Labute approximate surface area is 115 Å². The van der Waals surface area contributed by atoms with Gasteiger partial charge in [-0.05, 0) is 24.0 Å². The molecule has 0 spiro atoms. The first-order chi connectivity index (χ1) is 7.31. The van der Waals surface area contributed by atoms with Crippen molar-refractivity contribution in [1.29, 1.82) is 0 Å². The summed E-state index contributed by atoms with van der Waals surface area (Å²) in [4.78, 5) is 0. The van der Waals surface area contributed by atoms with Crippen molar-refractivity contribution in [2.24, 2.45) is 0 Å². The Kier molecular flexibility index (Phi) is 7.37. The summed E-state index contributed by atoms with van der Waals surface area (Å²) in [7, 11) is 0. The van der Waals surface area contributed by atoms with Crippen LogP contribution < -0.4 is 0 Å². The molecule has 1 aliphatic carbocycles. The Morgan fingerprint density at radius 2 is 1.93 bits per heavy atom. The van der Waals surface area contributed by atoms with Crippen molar-refractivity contribution < 1.29 is 18.5 Å². The second-order valence-electron chi connectivity index (χ2n) is 3.50. The molecule has 0 aromatic heterocycles. The molecular formula is C12H14Br2Zr. The van der Waals surface area contributed by atoms with E-state index in [0.717, 1.165) is 0 Å². The number of hydrogen-bond acceptors (Lipinski definition) is 0. The molecule has 1 aromatic carbocycles. The van der Waals surface area contributed by atoms with Crippen molar-refractivity contribution in [3.05, 3.63) is 41.0 Å². The minimum absolute atomic E-state index is 0.145. The van der Waals surface area contributed by atoms with Crippen LogP contribution in [0.2, 0.25) is 0 Å². The van der Waals surface area contributed by atoms with Gasteiger partial charge >= 0.3 is 43.0 Å². The van der Waals surface area contributed by atoms with Crippen molar-refractivity contribution in [2.45, 2.75) is 26.2 Å². The molecule has 1 aliphatic rings. The van der Waals surface area contributed by atoms with Gasteiger partial charge in [0, 0.05) is 0 Å². The molecule has 0 heterocycles. The van der Waals surface area contributed by atoms with Crippen molar-refractivity contribution >= 4 is 30.5 Å². The first kappa shape index (κ1) is 13.9. The average Bonchev–Trinajstić information content (AvgIpc) is 2.61. The van der Waals surface area contributed by atoms with Gasteiger partial charge in [-0.2, -0.15) is 0 Å². The third-order valence-electron chi connectivity index (χ3n) is 2.40. The van der Waals surface area contributed by atoms with Crippen LogP contribution in [0, 0.1) is 0 Å². The summed E-state index contributed by atoms with van der Waals surface area (Å²) in [6.45, 7) is 2.24. The molecule has 0 unspecified atom stereocenters. The van der Waals surface area contributed by atoms with Crippen LogP contribution in [0.5, 0.6) is 0 Å². The minimum atomic E-state index is -0.145. The molecule has 0 fully saturated rings. The predicted molar refractivity (Wildman–Crippen MR) is 70.9 cm³/mol. The van der Waals surface area contributed by atoms with Crippen molar-refractivity contribution in [3.8, 4) is 0 Å². The summed E-state index contributed by atoms with van der Waals surface area (Å²) in [5, 5.41) is 0. The number of halogens is 2. The van der Waals surface area contributed by atoms with E-state index < -0.39 is 0 Å². The van der Waals surface area contributed by atoms with E-state index in [1.165, 1.54) is 30.4 Å². The Morgan fingerprint density at radius 3 is 2.53 bits per heavy atom. The van der Waals surface area contributed by atoms with E-state index in [2.05, 4.69) is 61.7 Å². The van der Waals surface area contributed by atoms with E-state index in [1.807, 2.05) is 0 Å². The molecule has 0 bridgehead atoms. The van der Waals surface area contributed by atoms with Crippen LogP contribution in [0.4, 0.5) is 0 Å². The normalized spacial score (nSPS) is 12.3. The van der Waals surface area contributed by atoms with Gasteiger partial charge in [0.15, 0.2) is 0 Å². The van der Waals surface area contributed by atoms with E-state index >= 15 is 0 Å². The van der Waals surface area contributed by atoms with E-state index in [1.54, 1.807) is 5.57 Å². The summed E-state index contributed by atoms with van der Waals surface area (Å²) in [5.74, 6) is 0. The molecule has 80 valence electrons. The molecular weight excluding hydrogens is 395 g/mol. The molecule has 15 heavy (non-hydrogen) atoms. The van der Waals surface area contributed by atoms with Gasteiger partial charge in [-0.1, -0.05) is 49.3 Å². The number of allylic oxidation sites excluding steroid dienone is 1. The summed E-state index contributed by atoms with van der Waals surface area (Å²) in [6, 6.07) is 8.68. The first-order valence-corrected chi connectivity index (χ1v) is 16.3. The molecule has 0 radical (unpaired) electrons. The molecule has 0 saturated heterocycles. The van der Waals surface area contributed by atoms with Crippen LogP contribution in [0.15, 0.2) is 29.8 Å². The molecule has 1 aromatic rings. The van der Waals surface area contributed by atoms with Crippen LogP contribution in [0.25, 0.3) is 6.08 Å². The summed E-state index contributed by atoms with van der Waals surface area (Å²) < 4.78 is 0. The van der Waals surface area contributed by atoms with E-state index in [0.29, 0.717) is 0 Å². The quantitative estimate of drug-likeness (QED) is 0.637. The molecule has 0 saturated carbocycles. The molecule has 3 heteroatoms. The Hall–Kier alpha value is 0.803. The van der Waals surface area contributed by atoms with E-state index in [4.69, 9.17) is 0 Å². The van der Waals surface area contributed by atoms with E-state index in [9.17, 15) is 0 Å². The Balaban J connectivity index is 0.000000337. The van der Waals surface area contributed by atoms with Gasteiger partial charge in [0.1, 0.15) is 0 Å². The zero-order chi connectivity index (χ0) is 11.1. The second kappa shape index (κ2) is 7.98. The molecule has 0 atom stereocenters. The number of hydrogen-bond donors (Lipinski definition) is 0. The zero-order valence-electron chi connectivity index (χ0n) is 8.76. The molecule has 0 nitrogen and oxygen atoms in total. The van der Waals surface area contributed by atoms with Gasteiger partial charge in [0.05, 0.1) is 0 Å². The van der Waals surface area contributed by atoms with Gasteiger partial charge in [0.2, 0.25) is 0 Å². The van der Waals surface area contributed by atoms with Gasteiger partial charge in [-0.3, -0.25) is 0 Å². The van der Waals surface area contributed by atoms with Crippen LogP contribution in [-0.4, -0.2) is 0 Å². The third-order valence-corrected chi connectivity index (χ3v) is 2.40. The fourth-order valence-corrected chi connectivity index (χ4v) is 1.83. The molecule has 0 amide bonds. The van der Waals surface area contributed by atoms with Gasteiger partial charge < -0.3 is 0 Å². The standard InChI is InChI=1S/C12H14.2BrH.Zr/c1-2-5-10-8-11-6-3-4-7-12(11)9-10;;;/h3-4,6-8H,2,5,9H2,1H3;2*1H;/q;;;+2/p-2. The van der Waals surface area contributed by atoms with Gasteiger partial charge in [-0.25, -0.2) is 0 Å². The van der Waals surface area contributed by atoms with Crippen LogP contribution >= 0.6 is 24.4 Å². The number of rotatable bonds is 2. The first-order valence-electron chi connectivity index (χ1n) is 5.05. The Morgan fingerprint density at radius 1 is 1.27 bits per heavy atom. The molecule has 2 rings (SSSR count). The fourth-order valence-electron chi connectivity index (χ4n) is 1.83. The number of fused-ring (bicyclic) bond motifs is 1. The maximum absolute atomic E-state index is 3.23. The van der Waals surface area contributed by atoms with Crippen molar-refractivity contribution in [1.82, 2.24) is 0 Å². The SMILES string of the molecule is CCCC1=Cc2ccccc2C1.[Br][Zr][Br]. The maximum atomic E-state index is 3.23. The summed E-state index contributed by atoms with van der Waals surface area (Å²) in [6.07, 6.45) is 6.05. The fraction of sp³-hybridized carbons (Fsp3) is 0.333. The second-order valence-corrected chi connectivity index (χ2v) is 14.8. The third kappa shape index (κ3) is 4.67. The van der Waals surface area contributed by atoms with Crippen molar-refractivity contribution in [2.75, 3.05) is 0 Å². The molecule has 0 aliphatic heterocycles. The van der Waals surface area contributed by atoms with Crippen LogP contribution in [0.1, 0.15) is 30.9 Å². The predicted octanol–water partition coefficient (Wildman–Crippen LogP) is 5.11. The summed E-state index contributed by atoms with van der Waals surface area (Å²) >= 11 is 6.32. The van der Waals surface area contributed by atoms with Crippen molar-refractivity contribution in [3.63, 3.8) is 0 Å². The van der Waals surface area contributed by atoms with Gasteiger partial charge in [-0.15, -0.1) is 0 Å². The topological polar surface area (TPSA) is 0 Å². The van der Waals surface area contributed by atoms with Crippen LogP contribution in [-0.2, 0) is 25.0 Å². The zero-order valence-corrected chi connectivity index (χ0v) is 14.4. The average molecular weight is 409 g/mol. The summed E-state index contributed by atoms with van der Waals surface area (Å²) in [5.41, 5.74) is 4.53. The van der Waals surface area contributed by atoms with E-state index in [-0.39, 0.29) is 18.5 Å². The molecule has 0 N–H and O–H groups in total. The Bertz CT molecular complexity index is 334. The number of benzene rings is 1. The van der Waals surface area contributed by atoms with Gasteiger partial charge in [0.25, 0.3) is 0 Å².